The van der Waals surface area contributed by atoms with Crippen LogP contribution in [0.2, 0.25) is 0 Å². The van der Waals surface area contributed by atoms with Gasteiger partial charge in [-0.05, 0) is 50.9 Å². The highest BCUT2D eigenvalue weighted by Gasteiger charge is 1.98. The lowest BCUT2D eigenvalue weighted by Crippen LogP contribution is -2.23. The molecule has 1 aromatic rings. The SMILES string of the molecule is CCN(CC)CCC[CH]Cc1ccccc1. The number of nitrogens with zero attached hydrogens (tertiary/aromatic N) is 1. The smallest absolute Gasteiger partial charge is 0.00189 e. The Kier molecular flexibility index (Phi) is 6.91. The van der Waals surface area contributed by atoms with Gasteiger partial charge < -0.3 is 4.90 Å². The summed E-state index contributed by atoms with van der Waals surface area (Å²) in [6, 6.07) is 10.7. The zero-order valence-electron chi connectivity index (χ0n) is 10.7. The summed E-state index contributed by atoms with van der Waals surface area (Å²) >= 11 is 0. The molecule has 0 spiro atoms. The van der Waals surface area contributed by atoms with Crippen LogP contribution >= 0.6 is 0 Å². The average molecular weight is 218 g/mol. The quantitative estimate of drug-likeness (QED) is 0.603. The molecule has 0 fully saturated rings. The van der Waals surface area contributed by atoms with E-state index in [9.17, 15) is 0 Å². The van der Waals surface area contributed by atoms with Gasteiger partial charge in [0.25, 0.3) is 0 Å². The Labute approximate surface area is 100 Å². The van der Waals surface area contributed by atoms with Gasteiger partial charge >= 0.3 is 0 Å². The maximum atomic E-state index is 2.48. The summed E-state index contributed by atoms with van der Waals surface area (Å²) in [6.45, 7) is 8.05. The Morgan fingerprint density at radius 3 is 2.38 bits per heavy atom. The van der Waals surface area contributed by atoms with Crippen molar-refractivity contribution in [3.63, 3.8) is 0 Å². The first-order valence-corrected chi connectivity index (χ1v) is 6.44. The number of rotatable bonds is 8. The Morgan fingerprint density at radius 1 is 1.06 bits per heavy atom. The molecule has 0 unspecified atom stereocenters. The van der Waals surface area contributed by atoms with Crippen LogP contribution in [0.3, 0.4) is 0 Å². The predicted octanol–water partition coefficient (Wildman–Crippen LogP) is 3.56. The van der Waals surface area contributed by atoms with Crippen molar-refractivity contribution in [1.29, 1.82) is 0 Å². The molecule has 0 amide bonds. The standard InChI is InChI=1S/C15H24N/c1-3-16(4-2)14-10-6-9-13-15-11-7-5-8-12-15/h5,7-9,11-12H,3-4,6,10,13-14H2,1-2H3. The fraction of sp³-hybridized carbons (Fsp3) is 0.533. The minimum absolute atomic E-state index is 1.11. The summed E-state index contributed by atoms with van der Waals surface area (Å²) in [6.07, 6.45) is 6.03. The summed E-state index contributed by atoms with van der Waals surface area (Å²) in [5, 5.41) is 0. The molecule has 0 N–H and O–H groups in total. The van der Waals surface area contributed by atoms with Crippen molar-refractivity contribution in [1.82, 2.24) is 4.90 Å². The van der Waals surface area contributed by atoms with E-state index in [0.717, 1.165) is 6.42 Å². The van der Waals surface area contributed by atoms with Crippen molar-refractivity contribution < 1.29 is 0 Å². The van der Waals surface area contributed by atoms with E-state index in [1.807, 2.05) is 0 Å². The molecule has 1 nitrogen and oxygen atoms in total. The molecule has 1 radical (unpaired) electrons. The van der Waals surface area contributed by atoms with Gasteiger partial charge in [-0.25, -0.2) is 0 Å². The van der Waals surface area contributed by atoms with Crippen LogP contribution in [0.15, 0.2) is 30.3 Å². The van der Waals surface area contributed by atoms with E-state index >= 15 is 0 Å². The van der Waals surface area contributed by atoms with Crippen LogP contribution in [-0.4, -0.2) is 24.5 Å². The van der Waals surface area contributed by atoms with Crippen molar-refractivity contribution in [2.45, 2.75) is 33.1 Å². The van der Waals surface area contributed by atoms with Gasteiger partial charge in [0, 0.05) is 0 Å². The monoisotopic (exact) mass is 218 g/mol. The third-order valence-corrected chi connectivity index (χ3v) is 3.00. The zero-order valence-corrected chi connectivity index (χ0v) is 10.7. The van der Waals surface area contributed by atoms with Gasteiger partial charge in [-0.1, -0.05) is 44.2 Å². The Balaban J connectivity index is 2.04. The van der Waals surface area contributed by atoms with E-state index in [0.29, 0.717) is 0 Å². The molecular formula is C15H24N. The van der Waals surface area contributed by atoms with E-state index in [4.69, 9.17) is 0 Å². The molecule has 0 bridgehead atoms. The average Bonchev–Trinajstić information content (AvgIpc) is 2.35. The lowest BCUT2D eigenvalue weighted by molar-refractivity contribution is 0.299. The largest absolute Gasteiger partial charge is 0.304 e. The number of hydrogen-bond acceptors (Lipinski definition) is 1. The summed E-state index contributed by atoms with van der Waals surface area (Å²) in [7, 11) is 0. The van der Waals surface area contributed by atoms with Crippen LogP contribution in [0, 0.1) is 6.42 Å². The van der Waals surface area contributed by atoms with E-state index in [1.54, 1.807) is 0 Å². The van der Waals surface area contributed by atoms with Gasteiger partial charge in [0.05, 0.1) is 0 Å². The lowest BCUT2D eigenvalue weighted by Gasteiger charge is -2.17. The van der Waals surface area contributed by atoms with Gasteiger partial charge in [0.15, 0.2) is 0 Å². The summed E-state index contributed by atoms with van der Waals surface area (Å²) in [5.74, 6) is 0. The summed E-state index contributed by atoms with van der Waals surface area (Å²) in [4.78, 5) is 2.48. The maximum absolute atomic E-state index is 2.48. The topological polar surface area (TPSA) is 3.24 Å². The van der Waals surface area contributed by atoms with Crippen molar-refractivity contribution in [3.05, 3.63) is 42.3 Å². The van der Waals surface area contributed by atoms with Gasteiger partial charge in [-0.2, -0.15) is 0 Å². The molecule has 1 heteroatoms. The minimum atomic E-state index is 1.11. The highest BCUT2D eigenvalue weighted by molar-refractivity contribution is 5.16. The van der Waals surface area contributed by atoms with E-state index in [1.165, 1.54) is 38.0 Å². The molecule has 0 aromatic heterocycles. The van der Waals surface area contributed by atoms with Gasteiger partial charge in [0.2, 0.25) is 0 Å². The van der Waals surface area contributed by atoms with Crippen LogP contribution in [0.1, 0.15) is 32.3 Å². The van der Waals surface area contributed by atoms with Crippen LogP contribution in [-0.2, 0) is 6.42 Å². The Hall–Kier alpha value is -0.820. The second-order valence-corrected chi connectivity index (χ2v) is 4.15. The first-order valence-electron chi connectivity index (χ1n) is 6.44. The minimum Gasteiger partial charge on any atom is -0.304 e. The fourth-order valence-electron chi connectivity index (χ4n) is 1.88. The molecule has 0 atom stereocenters. The Morgan fingerprint density at radius 2 is 1.75 bits per heavy atom. The van der Waals surface area contributed by atoms with Crippen molar-refractivity contribution >= 4 is 0 Å². The van der Waals surface area contributed by atoms with Crippen molar-refractivity contribution in [2.75, 3.05) is 19.6 Å². The summed E-state index contributed by atoms with van der Waals surface area (Å²) in [5.41, 5.74) is 1.42. The summed E-state index contributed by atoms with van der Waals surface area (Å²) < 4.78 is 0. The lowest BCUT2D eigenvalue weighted by atomic mass is 10.1. The van der Waals surface area contributed by atoms with Gasteiger partial charge in [-0.3, -0.25) is 0 Å². The van der Waals surface area contributed by atoms with Crippen LogP contribution < -0.4 is 0 Å². The highest BCUT2D eigenvalue weighted by Crippen LogP contribution is 2.05. The van der Waals surface area contributed by atoms with Crippen molar-refractivity contribution in [2.24, 2.45) is 0 Å². The molecule has 0 aliphatic heterocycles. The number of benzene rings is 1. The van der Waals surface area contributed by atoms with Gasteiger partial charge in [0.1, 0.15) is 0 Å². The second-order valence-electron chi connectivity index (χ2n) is 4.15. The molecule has 16 heavy (non-hydrogen) atoms. The fourth-order valence-corrected chi connectivity index (χ4v) is 1.88. The maximum Gasteiger partial charge on any atom is -0.00189 e. The first-order chi connectivity index (χ1) is 7.86. The number of hydrogen-bond donors (Lipinski definition) is 0. The molecule has 1 rings (SSSR count). The van der Waals surface area contributed by atoms with Crippen LogP contribution in [0.5, 0.6) is 0 Å². The Bertz CT molecular complexity index is 251. The second kappa shape index (κ2) is 8.35. The molecule has 0 saturated carbocycles. The van der Waals surface area contributed by atoms with Crippen molar-refractivity contribution in [3.8, 4) is 0 Å². The highest BCUT2D eigenvalue weighted by atomic mass is 15.1. The van der Waals surface area contributed by atoms with E-state index in [-0.39, 0.29) is 0 Å². The third-order valence-electron chi connectivity index (χ3n) is 3.00. The van der Waals surface area contributed by atoms with E-state index < -0.39 is 0 Å². The zero-order chi connectivity index (χ0) is 11.6. The third kappa shape index (κ3) is 5.32. The molecule has 0 aliphatic carbocycles. The molecule has 0 saturated heterocycles. The first kappa shape index (κ1) is 13.2. The molecule has 1 aromatic carbocycles. The van der Waals surface area contributed by atoms with E-state index in [2.05, 4.69) is 55.5 Å². The normalized spacial score (nSPS) is 10.9. The number of unbranched alkanes of at least 4 members (excludes halogenated alkanes) is 2. The molecular weight excluding hydrogens is 194 g/mol. The van der Waals surface area contributed by atoms with Crippen LogP contribution in [0.4, 0.5) is 0 Å². The van der Waals surface area contributed by atoms with Crippen LogP contribution in [0.25, 0.3) is 0 Å². The molecule has 89 valence electrons. The molecule has 0 heterocycles. The predicted molar refractivity (Wildman–Crippen MR) is 71.5 cm³/mol. The van der Waals surface area contributed by atoms with Gasteiger partial charge in [-0.15, -0.1) is 0 Å². The molecule has 0 aliphatic rings.